The van der Waals surface area contributed by atoms with Crippen LogP contribution in [-0.4, -0.2) is 47.5 Å². The molecule has 3 amide bonds. The average molecular weight is 277 g/mol. The van der Waals surface area contributed by atoms with Crippen molar-refractivity contribution >= 4 is 23.6 Å². The van der Waals surface area contributed by atoms with Gasteiger partial charge in [-0.05, 0) is 24.6 Å². The zero-order valence-electron chi connectivity index (χ0n) is 10.9. The van der Waals surface area contributed by atoms with Crippen molar-refractivity contribution in [2.75, 3.05) is 18.9 Å². The molecule has 1 aromatic rings. The van der Waals surface area contributed by atoms with Crippen molar-refractivity contribution < 1.29 is 19.5 Å². The molecule has 1 unspecified atom stereocenters. The molecule has 3 N–H and O–H groups in total. The van der Waals surface area contributed by atoms with Gasteiger partial charge in [-0.25, -0.2) is 9.59 Å². The number of urea groups is 1. The second kappa shape index (κ2) is 5.60. The molecule has 1 heterocycles. The molecule has 0 bridgehead atoms. The van der Waals surface area contributed by atoms with E-state index >= 15 is 0 Å². The Balaban J connectivity index is 1.96. The first-order valence-corrected chi connectivity index (χ1v) is 6.13. The predicted octanol–water partition coefficient (Wildman–Crippen LogP) is 0.737. The molecule has 1 atom stereocenters. The standard InChI is InChI=1S/C13H15N3O4/c1-16-6-5-10(11(16)17)15-13(20)14-9-4-2-3-8(7-9)12(18)19/h2-4,7,10H,5-6H2,1H3,(H,18,19)(H2,14,15,20). The fourth-order valence-corrected chi connectivity index (χ4v) is 2.01. The number of likely N-dealkylation sites (N-methyl/N-ethyl adjacent to an activating group) is 1. The van der Waals surface area contributed by atoms with Crippen molar-refractivity contribution in [3.63, 3.8) is 0 Å². The van der Waals surface area contributed by atoms with Gasteiger partial charge in [0.05, 0.1) is 5.56 Å². The molecular formula is C13H15N3O4. The fourth-order valence-electron chi connectivity index (χ4n) is 2.01. The molecule has 1 saturated heterocycles. The lowest BCUT2D eigenvalue weighted by Crippen LogP contribution is -2.42. The van der Waals surface area contributed by atoms with Gasteiger partial charge in [0.1, 0.15) is 6.04 Å². The maximum Gasteiger partial charge on any atom is 0.335 e. The van der Waals surface area contributed by atoms with E-state index < -0.39 is 18.0 Å². The molecule has 7 nitrogen and oxygen atoms in total. The number of carboxylic acid groups (broad SMARTS) is 1. The van der Waals surface area contributed by atoms with E-state index in [1.807, 2.05) is 0 Å². The minimum atomic E-state index is -1.07. The van der Waals surface area contributed by atoms with Crippen LogP contribution in [0.15, 0.2) is 24.3 Å². The minimum Gasteiger partial charge on any atom is -0.478 e. The van der Waals surface area contributed by atoms with Gasteiger partial charge >= 0.3 is 12.0 Å². The molecular weight excluding hydrogens is 262 g/mol. The van der Waals surface area contributed by atoms with Gasteiger partial charge in [-0.2, -0.15) is 0 Å². The average Bonchev–Trinajstić information content (AvgIpc) is 2.71. The highest BCUT2D eigenvalue weighted by Gasteiger charge is 2.30. The Hall–Kier alpha value is -2.57. The Kier molecular flexibility index (Phi) is 3.88. The quantitative estimate of drug-likeness (QED) is 0.758. The van der Waals surface area contributed by atoms with E-state index in [-0.39, 0.29) is 11.5 Å². The summed E-state index contributed by atoms with van der Waals surface area (Å²) in [6.07, 6.45) is 0.567. The number of nitrogens with one attached hydrogen (secondary N) is 2. The topological polar surface area (TPSA) is 98.7 Å². The zero-order chi connectivity index (χ0) is 14.7. The van der Waals surface area contributed by atoms with E-state index in [2.05, 4.69) is 10.6 Å². The number of anilines is 1. The first-order valence-electron chi connectivity index (χ1n) is 6.13. The van der Waals surface area contributed by atoms with Crippen LogP contribution in [0.4, 0.5) is 10.5 Å². The lowest BCUT2D eigenvalue weighted by atomic mass is 10.2. The van der Waals surface area contributed by atoms with E-state index in [4.69, 9.17) is 5.11 Å². The summed E-state index contributed by atoms with van der Waals surface area (Å²) in [6, 6.07) is 4.84. The Bertz CT molecular complexity index is 558. The molecule has 1 fully saturated rings. The number of likely N-dealkylation sites (tertiary alicyclic amines) is 1. The van der Waals surface area contributed by atoms with Crippen LogP contribution in [0.3, 0.4) is 0 Å². The van der Waals surface area contributed by atoms with Crippen LogP contribution >= 0.6 is 0 Å². The number of rotatable bonds is 3. The summed E-state index contributed by atoms with van der Waals surface area (Å²) in [5.74, 6) is -1.19. The van der Waals surface area contributed by atoms with Gasteiger partial charge in [0.15, 0.2) is 0 Å². The summed E-state index contributed by atoms with van der Waals surface area (Å²) in [4.78, 5) is 35.8. The molecule has 7 heteroatoms. The highest BCUT2D eigenvalue weighted by atomic mass is 16.4. The van der Waals surface area contributed by atoms with Crippen LogP contribution in [0.25, 0.3) is 0 Å². The van der Waals surface area contributed by atoms with Gasteiger partial charge in [-0.15, -0.1) is 0 Å². The molecule has 0 radical (unpaired) electrons. The minimum absolute atomic E-state index is 0.0828. The molecule has 1 aromatic carbocycles. The van der Waals surface area contributed by atoms with Crippen molar-refractivity contribution in [2.24, 2.45) is 0 Å². The summed E-state index contributed by atoms with van der Waals surface area (Å²) in [6.45, 7) is 0.609. The van der Waals surface area contributed by atoms with Crippen LogP contribution in [0.5, 0.6) is 0 Å². The molecule has 0 spiro atoms. The molecule has 1 aliphatic heterocycles. The number of nitrogens with zero attached hydrogens (tertiary/aromatic N) is 1. The lowest BCUT2D eigenvalue weighted by molar-refractivity contribution is -0.128. The Morgan fingerprint density at radius 2 is 2.15 bits per heavy atom. The number of carbonyl (C=O) groups excluding carboxylic acids is 2. The first-order chi connectivity index (χ1) is 9.47. The maximum atomic E-state index is 11.8. The monoisotopic (exact) mass is 277 g/mol. The van der Waals surface area contributed by atoms with Crippen LogP contribution < -0.4 is 10.6 Å². The fraction of sp³-hybridized carbons (Fsp3) is 0.308. The van der Waals surface area contributed by atoms with Crippen molar-refractivity contribution in [3.05, 3.63) is 29.8 Å². The van der Waals surface area contributed by atoms with Crippen molar-refractivity contribution in [1.82, 2.24) is 10.2 Å². The van der Waals surface area contributed by atoms with Gasteiger partial charge < -0.3 is 20.6 Å². The summed E-state index contributed by atoms with van der Waals surface area (Å²) in [7, 11) is 1.68. The van der Waals surface area contributed by atoms with Gasteiger partial charge in [0.25, 0.3) is 0 Å². The number of hydrogen-bond acceptors (Lipinski definition) is 3. The zero-order valence-corrected chi connectivity index (χ0v) is 10.9. The molecule has 1 aliphatic rings. The summed E-state index contributed by atoms with van der Waals surface area (Å²) < 4.78 is 0. The second-order valence-electron chi connectivity index (χ2n) is 4.59. The first kappa shape index (κ1) is 13.9. The van der Waals surface area contributed by atoms with Crippen LogP contribution in [0.2, 0.25) is 0 Å². The van der Waals surface area contributed by atoms with Crippen LogP contribution in [0, 0.1) is 0 Å². The molecule has 0 aliphatic carbocycles. The SMILES string of the molecule is CN1CCC(NC(=O)Nc2cccc(C(=O)O)c2)C1=O. The molecule has 2 rings (SSSR count). The van der Waals surface area contributed by atoms with Crippen molar-refractivity contribution in [2.45, 2.75) is 12.5 Å². The van der Waals surface area contributed by atoms with Crippen LogP contribution in [-0.2, 0) is 4.79 Å². The van der Waals surface area contributed by atoms with E-state index in [9.17, 15) is 14.4 Å². The van der Waals surface area contributed by atoms with Crippen molar-refractivity contribution in [3.8, 4) is 0 Å². The summed E-state index contributed by atoms with van der Waals surface area (Å²) >= 11 is 0. The second-order valence-corrected chi connectivity index (χ2v) is 4.59. The maximum absolute atomic E-state index is 11.8. The lowest BCUT2D eigenvalue weighted by Gasteiger charge is -2.13. The summed E-state index contributed by atoms with van der Waals surface area (Å²) in [5, 5.41) is 13.9. The van der Waals surface area contributed by atoms with Gasteiger partial charge in [0, 0.05) is 19.3 Å². The third kappa shape index (κ3) is 3.05. The number of aromatic carboxylic acids is 1. The Morgan fingerprint density at radius 3 is 2.75 bits per heavy atom. The molecule has 20 heavy (non-hydrogen) atoms. The third-order valence-corrected chi connectivity index (χ3v) is 3.10. The third-order valence-electron chi connectivity index (χ3n) is 3.10. The largest absolute Gasteiger partial charge is 0.478 e. The highest BCUT2D eigenvalue weighted by molar-refractivity contribution is 5.95. The smallest absolute Gasteiger partial charge is 0.335 e. The Morgan fingerprint density at radius 1 is 1.40 bits per heavy atom. The van der Waals surface area contributed by atoms with E-state index in [0.717, 1.165) is 0 Å². The van der Waals surface area contributed by atoms with Gasteiger partial charge in [0.2, 0.25) is 5.91 Å². The van der Waals surface area contributed by atoms with Crippen LogP contribution in [0.1, 0.15) is 16.8 Å². The molecule has 0 saturated carbocycles. The van der Waals surface area contributed by atoms with Gasteiger partial charge in [-0.1, -0.05) is 6.07 Å². The Labute approximate surface area is 115 Å². The van der Waals surface area contributed by atoms with E-state index in [1.165, 1.54) is 18.2 Å². The number of benzene rings is 1. The number of amides is 3. The van der Waals surface area contributed by atoms with Crippen molar-refractivity contribution in [1.29, 1.82) is 0 Å². The van der Waals surface area contributed by atoms with E-state index in [0.29, 0.717) is 18.7 Å². The highest BCUT2D eigenvalue weighted by Crippen LogP contribution is 2.12. The van der Waals surface area contributed by atoms with E-state index in [1.54, 1.807) is 18.0 Å². The normalized spacial score (nSPS) is 17.9. The molecule has 0 aromatic heterocycles. The number of carbonyl (C=O) groups is 3. The number of hydrogen-bond donors (Lipinski definition) is 3. The molecule has 106 valence electrons. The number of carboxylic acids is 1. The summed E-state index contributed by atoms with van der Waals surface area (Å²) in [5.41, 5.74) is 0.445. The van der Waals surface area contributed by atoms with Gasteiger partial charge in [-0.3, -0.25) is 4.79 Å². The predicted molar refractivity (Wildman–Crippen MR) is 71.6 cm³/mol.